The second-order valence-corrected chi connectivity index (χ2v) is 16.1. The molecule has 0 amide bonds. The van der Waals surface area contributed by atoms with E-state index in [4.69, 9.17) is 18.9 Å². The van der Waals surface area contributed by atoms with Crippen LogP contribution in [0.2, 0.25) is 0 Å². The molecule has 15 nitrogen and oxygen atoms in total. The molecule has 0 aliphatic rings. The number of ether oxygens (including phenoxy) is 6. The first-order valence-corrected chi connectivity index (χ1v) is 18.9. The molecule has 0 fully saturated rings. The van der Waals surface area contributed by atoms with Crippen molar-refractivity contribution in [3.05, 3.63) is 35.9 Å². The molecule has 0 radical (unpaired) electrons. The molecule has 326 valence electrons. The van der Waals surface area contributed by atoms with Crippen molar-refractivity contribution < 1.29 is 71.6 Å². The molecule has 0 bridgehead atoms. The van der Waals surface area contributed by atoms with E-state index in [9.17, 15) is 43.2 Å². The topological polar surface area (TPSA) is 209 Å². The van der Waals surface area contributed by atoms with E-state index in [1.165, 1.54) is 40.7 Å². The summed E-state index contributed by atoms with van der Waals surface area (Å²) < 4.78 is 28.8. The standard InChI is InChI=1S/C18H22O5.C13H22O5.C12H20O5/c1-12(22-13(2)19)17(21)23-15-9-7-6-8-14(15)10-11-16(20)18(3,4)5;1-9(18-10(2)14)12(16)17-8-6-7-11(15)13(3,4)5;1-9(13)17-8-11(15)16-7-5-6-10(14)12(2,3)4/h6-12H,1-5H3;9H,6-8H2,1-5H3;5-8H2,1-4H3/b11-10-;;. The van der Waals surface area contributed by atoms with Gasteiger partial charge in [0.25, 0.3) is 0 Å². The second-order valence-electron chi connectivity index (χ2n) is 16.1. The fourth-order valence-electron chi connectivity index (χ4n) is 3.81. The van der Waals surface area contributed by atoms with Gasteiger partial charge in [-0.25, -0.2) is 14.4 Å². The summed E-state index contributed by atoms with van der Waals surface area (Å²) in [5.41, 5.74) is -0.614. The average Bonchev–Trinajstić information content (AvgIpc) is 3.08. The monoisotopic (exact) mass is 820 g/mol. The molecule has 2 unspecified atom stereocenters. The molecular formula is C43H64O15. The lowest BCUT2D eigenvalue weighted by Gasteiger charge is -2.16. The van der Waals surface area contributed by atoms with Gasteiger partial charge in [0, 0.05) is 55.4 Å². The first-order valence-electron chi connectivity index (χ1n) is 18.9. The molecule has 1 aromatic rings. The smallest absolute Gasteiger partial charge is 0.352 e. The van der Waals surface area contributed by atoms with Gasteiger partial charge in [0.2, 0.25) is 0 Å². The van der Waals surface area contributed by atoms with Crippen LogP contribution in [0.25, 0.3) is 6.08 Å². The van der Waals surface area contributed by atoms with Crippen molar-refractivity contribution in [1.82, 2.24) is 0 Å². The maximum absolute atomic E-state index is 11.9. The van der Waals surface area contributed by atoms with Crippen molar-refractivity contribution >= 4 is 59.2 Å². The Morgan fingerprint density at radius 3 is 1.47 bits per heavy atom. The number of rotatable bonds is 17. The average molecular weight is 821 g/mol. The number of ketones is 3. The van der Waals surface area contributed by atoms with E-state index >= 15 is 0 Å². The normalized spacial score (nSPS) is 12.2. The molecule has 0 N–H and O–H groups in total. The van der Waals surface area contributed by atoms with E-state index in [0.29, 0.717) is 37.0 Å². The van der Waals surface area contributed by atoms with Crippen LogP contribution in [0.1, 0.15) is 128 Å². The number of allylic oxidation sites excluding steroid dienone is 1. The minimum Gasteiger partial charge on any atom is -0.463 e. The van der Waals surface area contributed by atoms with Crippen LogP contribution in [0, 0.1) is 16.2 Å². The highest BCUT2D eigenvalue weighted by Gasteiger charge is 2.23. The molecule has 0 heterocycles. The van der Waals surface area contributed by atoms with E-state index in [1.807, 2.05) is 62.3 Å². The Morgan fingerprint density at radius 1 is 0.586 bits per heavy atom. The van der Waals surface area contributed by atoms with Gasteiger partial charge in [-0.3, -0.25) is 28.8 Å². The number of para-hydroxylation sites is 1. The highest BCUT2D eigenvalue weighted by atomic mass is 16.6. The Balaban J connectivity index is 0. The lowest BCUT2D eigenvalue weighted by Crippen LogP contribution is -2.27. The number of benzene rings is 1. The number of hydrogen-bond acceptors (Lipinski definition) is 15. The van der Waals surface area contributed by atoms with Gasteiger partial charge in [0.15, 0.2) is 24.6 Å². The summed E-state index contributed by atoms with van der Waals surface area (Å²) in [4.78, 5) is 101. The summed E-state index contributed by atoms with van der Waals surface area (Å²) in [6.07, 6.45) is 2.88. The molecule has 15 heteroatoms. The van der Waals surface area contributed by atoms with Crippen LogP contribution >= 0.6 is 0 Å². The van der Waals surface area contributed by atoms with Gasteiger partial charge < -0.3 is 28.4 Å². The number of carbonyl (C=O) groups excluding carboxylic acids is 9. The van der Waals surface area contributed by atoms with Crippen LogP contribution in [0.15, 0.2) is 30.3 Å². The second kappa shape index (κ2) is 26.7. The lowest BCUT2D eigenvalue weighted by atomic mass is 9.88. The molecule has 2 atom stereocenters. The molecular weight excluding hydrogens is 756 g/mol. The number of esters is 6. The zero-order chi connectivity index (χ0) is 45.4. The van der Waals surface area contributed by atoms with Gasteiger partial charge in [0.05, 0.1) is 13.2 Å². The molecule has 1 rings (SSSR count). The third-order valence-electron chi connectivity index (χ3n) is 7.30. The molecule has 0 spiro atoms. The Kier molecular flexibility index (Phi) is 25.2. The largest absolute Gasteiger partial charge is 0.463 e. The number of hydrogen-bond donors (Lipinski definition) is 0. The summed E-state index contributed by atoms with van der Waals surface area (Å²) in [5, 5.41) is 0. The van der Waals surface area contributed by atoms with Gasteiger partial charge in [0.1, 0.15) is 17.3 Å². The molecule has 0 aliphatic heterocycles. The predicted octanol–water partition coefficient (Wildman–Crippen LogP) is 6.54. The van der Waals surface area contributed by atoms with Crippen LogP contribution in [0.4, 0.5) is 0 Å². The molecule has 0 aliphatic carbocycles. The minimum absolute atomic E-state index is 0.0353. The van der Waals surface area contributed by atoms with E-state index in [-0.39, 0.29) is 48.0 Å². The van der Waals surface area contributed by atoms with Crippen molar-refractivity contribution in [2.24, 2.45) is 16.2 Å². The van der Waals surface area contributed by atoms with Crippen molar-refractivity contribution in [2.75, 3.05) is 19.8 Å². The predicted molar refractivity (Wildman–Crippen MR) is 214 cm³/mol. The number of carbonyl (C=O) groups is 9. The summed E-state index contributed by atoms with van der Waals surface area (Å²) in [6.45, 7) is 23.1. The first kappa shape index (κ1) is 54.9. The van der Waals surface area contributed by atoms with Gasteiger partial charge in [-0.05, 0) is 44.9 Å². The van der Waals surface area contributed by atoms with Gasteiger partial charge in [-0.1, -0.05) is 80.5 Å². The van der Waals surface area contributed by atoms with Crippen molar-refractivity contribution in [2.45, 2.75) is 135 Å². The molecule has 0 saturated carbocycles. The first-order chi connectivity index (χ1) is 26.5. The van der Waals surface area contributed by atoms with E-state index in [2.05, 4.69) is 9.47 Å². The molecule has 0 aromatic heterocycles. The van der Waals surface area contributed by atoms with Gasteiger partial charge >= 0.3 is 35.8 Å². The summed E-state index contributed by atoms with van der Waals surface area (Å²) in [6, 6.07) is 6.82. The van der Waals surface area contributed by atoms with Crippen LogP contribution < -0.4 is 4.74 Å². The van der Waals surface area contributed by atoms with Gasteiger partial charge in [-0.15, -0.1) is 0 Å². The number of Topliss-reactive ketones (excluding diaryl/α,β-unsaturated/α-hetero) is 2. The van der Waals surface area contributed by atoms with Crippen LogP contribution in [-0.4, -0.2) is 85.2 Å². The fourth-order valence-corrected chi connectivity index (χ4v) is 3.81. The summed E-state index contributed by atoms with van der Waals surface area (Å²) >= 11 is 0. The third kappa shape index (κ3) is 27.4. The minimum atomic E-state index is -0.999. The summed E-state index contributed by atoms with van der Waals surface area (Å²) in [5.74, 6) is -2.94. The zero-order valence-corrected chi connectivity index (χ0v) is 36.7. The van der Waals surface area contributed by atoms with E-state index in [0.717, 1.165) is 0 Å². The Morgan fingerprint density at radius 2 is 1.03 bits per heavy atom. The summed E-state index contributed by atoms with van der Waals surface area (Å²) in [7, 11) is 0. The highest BCUT2D eigenvalue weighted by molar-refractivity contribution is 5.97. The van der Waals surface area contributed by atoms with E-state index in [1.54, 1.807) is 30.3 Å². The van der Waals surface area contributed by atoms with Crippen LogP contribution in [0.3, 0.4) is 0 Å². The maximum atomic E-state index is 11.9. The molecule has 58 heavy (non-hydrogen) atoms. The molecule has 1 aromatic carbocycles. The van der Waals surface area contributed by atoms with Gasteiger partial charge in [-0.2, -0.15) is 0 Å². The highest BCUT2D eigenvalue weighted by Crippen LogP contribution is 2.23. The maximum Gasteiger partial charge on any atom is 0.352 e. The Hall–Kier alpha value is -5.21. The lowest BCUT2D eigenvalue weighted by molar-refractivity contribution is -0.165. The van der Waals surface area contributed by atoms with Crippen molar-refractivity contribution in [1.29, 1.82) is 0 Å². The quantitative estimate of drug-likeness (QED) is 0.0537. The Labute approximate surface area is 342 Å². The van der Waals surface area contributed by atoms with Crippen LogP contribution in [-0.2, 0) is 66.8 Å². The van der Waals surface area contributed by atoms with Crippen LogP contribution in [0.5, 0.6) is 5.75 Å². The SMILES string of the molecule is CC(=O)OC(C)C(=O)OCCCC(=O)C(C)(C)C.CC(=O)OC(C)C(=O)Oc1ccccc1/C=C\C(=O)C(C)(C)C.CC(=O)OCC(=O)OCCCC(=O)C(C)(C)C. The molecule has 0 saturated heterocycles. The van der Waals surface area contributed by atoms with Crippen molar-refractivity contribution in [3.63, 3.8) is 0 Å². The van der Waals surface area contributed by atoms with E-state index < -0.39 is 53.4 Å². The third-order valence-corrected chi connectivity index (χ3v) is 7.30. The fraction of sp³-hybridized carbons (Fsp3) is 0.605. The Bertz CT molecular complexity index is 1580. The zero-order valence-electron chi connectivity index (χ0n) is 36.7. The van der Waals surface area contributed by atoms with Crippen molar-refractivity contribution in [3.8, 4) is 5.75 Å².